The largest absolute Gasteiger partial charge is 0.481 e. The average Bonchev–Trinajstić information content (AvgIpc) is 2.60. The summed E-state index contributed by atoms with van der Waals surface area (Å²) in [7, 11) is 0. The predicted octanol–water partition coefficient (Wildman–Crippen LogP) is 4.43. The molecule has 0 aliphatic heterocycles. The smallest absolute Gasteiger partial charge is 0.314 e. The summed E-state index contributed by atoms with van der Waals surface area (Å²) in [5, 5.41) is 9.33. The van der Waals surface area contributed by atoms with Crippen molar-refractivity contribution in [1.82, 2.24) is 0 Å². The molecule has 23 heavy (non-hydrogen) atoms. The monoisotopic (exact) mass is 318 g/mol. The van der Waals surface area contributed by atoms with E-state index >= 15 is 0 Å². The third kappa shape index (κ3) is 6.05. The highest BCUT2D eigenvalue weighted by Crippen LogP contribution is 2.26. The van der Waals surface area contributed by atoms with E-state index in [2.05, 4.69) is 0 Å². The summed E-state index contributed by atoms with van der Waals surface area (Å²) in [6.07, 6.45) is 7.95. The molecule has 1 fully saturated rings. The fourth-order valence-electron chi connectivity index (χ4n) is 3.17. The molecule has 1 aliphatic carbocycles. The minimum atomic E-state index is -0.737. The van der Waals surface area contributed by atoms with Gasteiger partial charge in [-0.25, -0.2) is 0 Å². The highest BCUT2D eigenvalue weighted by Gasteiger charge is 2.25. The number of ether oxygens (including phenoxy) is 1. The molecule has 1 N–H and O–H groups in total. The van der Waals surface area contributed by atoms with Crippen LogP contribution in [0.25, 0.3) is 0 Å². The lowest BCUT2D eigenvalue weighted by molar-refractivity contribution is -0.144. The maximum atomic E-state index is 12.4. The molecule has 4 nitrogen and oxygen atoms in total. The van der Waals surface area contributed by atoms with Crippen molar-refractivity contribution in [3.05, 3.63) is 30.3 Å². The Morgan fingerprint density at radius 1 is 0.826 bits per heavy atom. The molecule has 0 saturated heterocycles. The van der Waals surface area contributed by atoms with Crippen molar-refractivity contribution in [2.24, 2.45) is 11.8 Å². The number of carbonyl (C=O) groups is 2. The number of hydrogen-bond donors (Lipinski definition) is 1. The standard InChI is InChI=1S/C19H26O4/c20-18(21)15-9-5-2-1-3-6-10-16(14-13-15)19(22)23-17-11-7-4-8-12-17/h4,7-8,11-12,15-16H,1-3,5-6,9-10,13-14H2,(H,20,21). The van der Waals surface area contributed by atoms with Crippen molar-refractivity contribution < 1.29 is 19.4 Å². The first kappa shape index (κ1) is 17.5. The molecule has 1 aromatic rings. The lowest BCUT2D eigenvalue weighted by Crippen LogP contribution is -2.23. The van der Waals surface area contributed by atoms with Crippen molar-refractivity contribution in [2.45, 2.75) is 57.8 Å². The minimum Gasteiger partial charge on any atom is -0.481 e. The number of benzene rings is 1. The van der Waals surface area contributed by atoms with E-state index in [1.807, 2.05) is 18.2 Å². The van der Waals surface area contributed by atoms with Gasteiger partial charge in [-0.05, 0) is 37.8 Å². The van der Waals surface area contributed by atoms with Crippen molar-refractivity contribution in [1.29, 1.82) is 0 Å². The Bertz CT molecular complexity index is 497. The molecular weight excluding hydrogens is 292 g/mol. The molecule has 0 heterocycles. The quantitative estimate of drug-likeness (QED) is 0.661. The molecule has 0 bridgehead atoms. The first-order valence-electron chi connectivity index (χ1n) is 8.66. The normalized spacial score (nSPS) is 23.5. The van der Waals surface area contributed by atoms with E-state index < -0.39 is 5.97 Å². The third-order valence-electron chi connectivity index (χ3n) is 4.61. The number of carboxylic acids is 1. The van der Waals surface area contributed by atoms with Crippen LogP contribution >= 0.6 is 0 Å². The van der Waals surface area contributed by atoms with Crippen LogP contribution in [0.5, 0.6) is 5.75 Å². The Morgan fingerprint density at radius 3 is 2.04 bits per heavy atom. The first-order chi connectivity index (χ1) is 11.2. The number of aliphatic carboxylic acids is 1. The summed E-state index contributed by atoms with van der Waals surface area (Å²) in [5.41, 5.74) is 0. The van der Waals surface area contributed by atoms with Crippen LogP contribution in [0.1, 0.15) is 57.8 Å². The molecule has 2 rings (SSSR count). The van der Waals surface area contributed by atoms with Crippen molar-refractivity contribution >= 4 is 11.9 Å². The fourth-order valence-corrected chi connectivity index (χ4v) is 3.17. The maximum Gasteiger partial charge on any atom is 0.314 e. The lowest BCUT2D eigenvalue weighted by atomic mass is 9.90. The number of esters is 1. The second kappa shape index (κ2) is 9.33. The fraction of sp³-hybridized carbons (Fsp3) is 0.579. The van der Waals surface area contributed by atoms with E-state index in [9.17, 15) is 14.7 Å². The lowest BCUT2D eigenvalue weighted by Gasteiger charge is -2.17. The molecular formula is C19H26O4. The van der Waals surface area contributed by atoms with Gasteiger partial charge < -0.3 is 9.84 Å². The molecule has 1 saturated carbocycles. The van der Waals surface area contributed by atoms with Gasteiger partial charge in [0.15, 0.2) is 0 Å². The Balaban J connectivity index is 1.98. The molecule has 2 atom stereocenters. The van der Waals surface area contributed by atoms with Crippen LogP contribution < -0.4 is 4.74 Å². The summed E-state index contributed by atoms with van der Waals surface area (Å²) in [5.74, 6) is -0.934. The zero-order valence-electron chi connectivity index (χ0n) is 13.6. The van der Waals surface area contributed by atoms with Crippen LogP contribution in [0.3, 0.4) is 0 Å². The zero-order chi connectivity index (χ0) is 16.5. The second-order valence-electron chi connectivity index (χ2n) is 6.39. The summed E-state index contributed by atoms with van der Waals surface area (Å²) >= 11 is 0. The molecule has 4 heteroatoms. The number of hydrogen-bond acceptors (Lipinski definition) is 3. The Kier molecular flexibility index (Phi) is 7.11. The second-order valence-corrected chi connectivity index (χ2v) is 6.39. The molecule has 0 spiro atoms. The van der Waals surface area contributed by atoms with Crippen LogP contribution in [0.4, 0.5) is 0 Å². The third-order valence-corrected chi connectivity index (χ3v) is 4.61. The van der Waals surface area contributed by atoms with Crippen LogP contribution in [-0.2, 0) is 9.59 Å². The van der Waals surface area contributed by atoms with E-state index in [0.29, 0.717) is 18.6 Å². The van der Waals surface area contributed by atoms with Crippen molar-refractivity contribution in [3.63, 3.8) is 0 Å². The van der Waals surface area contributed by atoms with Gasteiger partial charge in [0, 0.05) is 0 Å². The number of carboxylic acid groups (broad SMARTS) is 1. The maximum absolute atomic E-state index is 12.4. The van der Waals surface area contributed by atoms with Gasteiger partial charge in [0.05, 0.1) is 11.8 Å². The highest BCUT2D eigenvalue weighted by molar-refractivity contribution is 5.75. The average molecular weight is 318 g/mol. The van der Waals surface area contributed by atoms with E-state index in [1.54, 1.807) is 12.1 Å². The summed E-state index contributed by atoms with van der Waals surface area (Å²) < 4.78 is 5.46. The number of para-hydroxylation sites is 1. The molecule has 1 aromatic carbocycles. The van der Waals surface area contributed by atoms with E-state index in [-0.39, 0.29) is 17.8 Å². The van der Waals surface area contributed by atoms with Gasteiger partial charge in [0.25, 0.3) is 0 Å². The van der Waals surface area contributed by atoms with Crippen LogP contribution in [-0.4, -0.2) is 17.0 Å². The molecule has 1 aliphatic rings. The topological polar surface area (TPSA) is 63.6 Å². The van der Waals surface area contributed by atoms with Gasteiger partial charge in [-0.2, -0.15) is 0 Å². The molecule has 2 unspecified atom stereocenters. The van der Waals surface area contributed by atoms with Crippen LogP contribution in [0, 0.1) is 11.8 Å². The Morgan fingerprint density at radius 2 is 1.39 bits per heavy atom. The van der Waals surface area contributed by atoms with Crippen LogP contribution in [0.15, 0.2) is 30.3 Å². The molecule has 0 amide bonds. The number of carbonyl (C=O) groups excluding carboxylic acids is 1. The molecule has 0 radical (unpaired) electrons. The van der Waals surface area contributed by atoms with Crippen LogP contribution in [0.2, 0.25) is 0 Å². The molecule has 0 aromatic heterocycles. The van der Waals surface area contributed by atoms with E-state index in [0.717, 1.165) is 44.9 Å². The van der Waals surface area contributed by atoms with Gasteiger partial charge in [-0.3, -0.25) is 9.59 Å². The van der Waals surface area contributed by atoms with Gasteiger partial charge in [-0.15, -0.1) is 0 Å². The zero-order valence-corrected chi connectivity index (χ0v) is 13.6. The van der Waals surface area contributed by atoms with Crippen molar-refractivity contribution in [2.75, 3.05) is 0 Å². The van der Waals surface area contributed by atoms with Crippen molar-refractivity contribution in [3.8, 4) is 5.75 Å². The Labute approximate surface area is 137 Å². The molecule has 126 valence electrons. The van der Waals surface area contributed by atoms with E-state index in [4.69, 9.17) is 4.74 Å². The summed E-state index contributed by atoms with van der Waals surface area (Å²) in [6, 6.07) is 9.08. The first-order valence-corrected chi connectivity index (χ1v) is 8.66. The minimum absolute atomic E-state index is 0.199. The Hall–Kier alpha value is -1.84. The van der Waals surface area contributed by atoms with Gasteiger partial charge in [0.2, 0.25) is 0 Å². The SMILES string of the molecule is O=C(O)C1CCCCCCCC(C(=O)Oc2ccccc2)CC1. The van der Waals surface area contributed by atoms with Gasteiger partial charge >= 0.3 is 11.9 Å². The number of rotatable bonds is 3. The van der Waals surface area contributed by atoms with Gasteiger partial charge in [0.1, 0.15) is 5.75 Å². The predicted molar refractivity (Wildman–Crippen MR) is 88.2 cm³/mol. The highest BCUT2D eigenvalue weighted by atomic mass is 16.5. The summed E-state index contributed by atoms with van der Waals surface area (Å²) in [4.78, 5) is 23.8. The van der Waals surface area contributed by atoms with Gasteiger partial charge in [-0.1, -0.05) is 50.3 Å². The van der Waals surface area contributed by atoms with E-state index in [1.165, 1.54) is 0 Å². The summed E-state index contributed by atoms with van der Waals surface area (Å²) in [6.45, 7) is 0.